The minimum atomic E-state index is -0.892. The van der Waals surface area contributed by atoms with Crippen molar-refractivity contribution in [1.82, 2.24) is 10.6 Å². The number of benzene rings is 1. The molecule has 1 rings (SSSR count). The van der Waals surface area contributed by atoms with E-state index in [1.54, 1.807) is 6.92 Å². The second-order valence-electron chi connectivity index (χ2n) is 5.09. The average molecular weight is 321 g/mol. The minimum Gasteiger partial charge on any atom is -0.371 e. The van der Waals surface area contributed by atoms with Crippen molar-refractivity contribution in [3.63, 3.8) is 0 Å². The van der Waals surface area contributed by atoms with Crippen LogP contribution in [0.25, 0.3) is 0 Å². The van der Waals surface area contributed by atoms with Gasteiger partial charge in [0.2, 0.25) is 12.3 Å². The van der Waals surface area contributed by atoms with Gasteiger partial charge in [-0.15, -0.1) is 0 Å². The number of carbonyl (C=O) groups is 3. The third-order valence-electron chi connectivity index (χ3n) is 3.32. The Morgan fingerprint density at radius 3 is 2.57 bits per heavy atom. The highest BCUT2D eigenvalue weighted by molar-refractivity contribution is 5.86. The summed E-state index contributed by atoms with van der Waals surface area (Å²) in [5.74, 6) is -0.483. The Labute approximate surface area is 135 Å². The molecule has 0 aliphatic heterocycles. The summed E-state index contributed by atoms with van der Waals surface area (Å²) in [7, 11) is 0. The Kier molecular flexibility index (Phi) is 8.56. The first-order valence-corrected chi connectivity index (χ1v) is 7.43. The van der Waals surface area contributed by atoms with Crippen molar-refractivity contribution < 1.29 is 19.1 Å². The van der Waals surface area contributed by atoms with Crippen molar-refractivity contribution in [3.8, 4) is 0 Å². The summed E-state index contributed by atoms with van der Waals surface area (Å²) >= 11 is 0. The fraction of sp³-hybridized carbons (Fsp3) is 0.438. The quantitative estimate of drug-likeness (QED) is 0.486. The van der Waals surface area contributed by atoms with Gasteiger partial charge in [0.1, 0.15) is 12.3 Å². The lowest BCUT2D eigenvalue weighted by molar-refractivity contribution is -0.131. The van der Waals surface area contributed by atoms with Crippen LogP contribution in [0.3, 0.4) is 0 Å². The molecule has 2 amide bonds. The average Bonchev–Trinajstić information content (AvgIpc) is 2.57. The molecule has 0 radical (unpaired) electrons. The lowest BCUT2D eigenvalue weighted by atomic mass is 10.1. The highest BCUT2D eigenvalue weighted by Gasteiger charge is 2.27. The van der Waals surface area contributed by atoms with Gasteiger partial charge in [0.05, 0.1) is 18.8 Å². The third kappa shape index (κ3) is 6.58. The number of aldehydes is 1. The fourth-order valence-corrected chi connectivity index (χ4v) is 2.02. The van der Waals surface area contributed by atoms with Crippen molar-refractivity contribution in [1.29, 1.82) is 0 Å². The van der Waals surface area contributed by atoms with Gasteiger partial charge in [-0.1, -0.05) is 30.3 Å². The molecule has 0 aliphatic rings. The molecule has 2 unspecified atom stereocenters. The maximum atomic E-state index is 12.2. The zero-order chi connectivity index (χ0) is 17.1. The molecule has 1 aromatic rings. The van der Waals surface area contributed by atoms with Crippen LogP contribution < -0.4 is 16.4 Å². The fourth-order valence-electron chi connectivity index (χ4n) is 2.02. The van der Waals surface area contributed by atoms with E-state index in [-0.39, 0.29) is 6.54 Å². The van der Waals surface area contributed by atoms with Gasteiger partial charge in [-0.05, 0) is 25.5 Å². The van der Waals surface area contributed by atoms with E-state index in [0.717, 1.165) is 5.56 Å². The zero-order valence-electron chi connectivity index (χ0n) is 13.1. The smallest absolute Gasteiger partial charge is 0.245 e. The molecule has 7 heteroatoms. The number of hydrogen-bond donors (Lipinski definition) is 3. The predicted octanol–water partition coefficient (Wildman–Crippen LogP) is -0.261. The third-order valence-corrected chi connectivity index (χ3v) is 3.32. The molecule has 0 saturated heterocycles. The maximum Gasteiger partial charge on any atom is 0.245 e. The van der Waals surface area contributed by atoms with Crippen LogP contribution in [0.5, 0.6) is 0 Å². The topological polar surface area (TPSA) is 111 Å². The van der Waals surface area contributed by atoms with Crippen molar-refractivity contribution in [3.05, 3.63) is 35.9 Å². The van der Waals surface area contributed by atoms with Gasteiger partial charge in [-0.2, -0.15) is 0 Å². The number of nitrogens with two attached hydrogens (primary N) is 1. The summed E-state index contributed by atoms with van der Waals surface area (Å²) in [6.45, 7) is 2.27. The summed E-state index contributed by atoms with van der Waals surface area (Å²) in [4.78, 5) is 33.9. The molecule has 7 nitrogen and oxygen atoms in total. The van der Waals surface area contributed by atoms with Gasteiger partial charge in [0.15, 0.2) is 0 Å². The largest absolute Gasteiger partial charge is 0.371 e. The van der Waals surface area contributed by atoms with E-state index in [9.17, 15) is 14.4 Å². The van der Waals surface area contributed by atoms with Crippen LogP contribution in [-0.2, 0) is 25.7 Å². The molecule has 0 bridgehead atoms. The first-order valence-electron chi connectivity index (χ1n) is 7.43. The number of rotatable bonds is 11. The number of ether oxygens (including phenoxy) is 1. The summed E-state index contributed by atoms with van der Waals surface area (Å²) < 4.78 is 5.64. The van der Waals surface area contributed by atoms with Gasteiger partial charge >= 0.3 is 0 Å². The van der Waals surface area contributed by atoms with Gasteiger partial charge in [-0.25, -0.2) is 0 Å². The maximum absolute atomic E-state index is 12.2. The number of carbonyl (C=O) groups excluding carboxylic acids is 3. The van der Waals surface area contributed by atoms with Crippen LogP contribution >= 0.6 is 0 Å². The van der Waals surface area contributed by atoms with Gasteiger partial charge in [-0.3, -0.25) is 9.59 Å². The van der Waals surface area contributed by atoms with Crippen LogP contribution in [0.4, 0.5) is 0 Å². The molecule has 1 aromatic carbocycles. The molecule has 23 heavy (non-hydrogen) atoms. The second kappa shape index (κ2) is 10.5. The Morgan fingerprint density at radius 2 is 2.00 bits per heavy atom. The standard InChI is InChI=1S/C16H23N3O4/c1-12(23-10-13-5-3-2-4-6-13)15(18-11-21)16(22)19-14(9-20)7-8-17/h2-6,9,11-12,14-15H,7-8,10,17H2,1H3,(H,18,21)(H,19,22)/t12?,14?,15-/m0/s1. The van der Waals surface area contributed by atoms with Crippen LogP contribution in [0.1, 0.15) is 18.9 Å². The van der Waals surface area contributed by atoms with E-state index in [2.05, 4.69) is 10.6 Å². The van der Waals surface area contributed by atoms with E-state index in [1.807, 2.05) is 30.3 Å². The first-order chi connectivity index (χ1) is 11.1. The number of amides is 2. The molecule has 3 atom stereocenters. The number of nitrogens with one attached hydrogen (secondary N) is 2. The molecule has 0 fully saturated rings. The second-order valence-corrected chi connectivity index (χ2v) is 5.09. The minimum absolute atomic E-state index is 0.273. The van der Waals surface area contributed by atoms with Gasteiger partial charge < -0.3 is 25.9 Å². The van der Waals surface area contributed by atoms with Crippen LogP contribution in [0.15, 0.2) is 30.3 Å². The molecule has 0 aromatic heterocycles. The molecular formula is C16H23N3O4. The normalized spacial score (nSPS) is 14.3. The molecule has 126 valence electrons. The summed E-state index contributed by atoms with van der Waals surface area (Å²) in [6.07, 6.45) is 0.831. The molecule has 0 spiro atoms. The van der Waals surface area contributed by atoms with E-state index in [4.69, 9.17) is 10.5 Å². The summed E-state index contributed by atoms with van der Waals surface area (Å²) in [5, 5.41) is 4.97. The lowest BCUT2D eigenvalue weighted by Gasteiger charge is -2.24. The molecular weight excluding hydrogens is 298 g/mol. The van der Waals surface area contributed by atoms with Crippen LogP contribution in [0.2, 0.25) is 0 Å². The molecule has 0 heterocycles. The van der Waals surface area contributed by atoms with Crippen LogP contribution in [-0.4, -0.2) is 43.3 Å². The highest BCUT2D eigenvalue weighted by atomic mass is 16.5. The first kappa shape index (κ1) is 18.8. The monoisotopic (exact) mass is 321 g/mol. The van der Waals surface area contributed by atoms with E-state index in [0.29, 0.717) is 25.7 Å². The molecule has 4 N–H and O–H groups in total. The highest BCUT2D eigenvalue weighted by Crippen LogP contribution is 2.06. The summed E-state index contributed by atoms with van der Waals surface area (Å²) in [6, 6.07) is 7.91. The van der Waals surface area contributed by atoms with E-state index in [1.165, 1.54) is 0 Å². The van der Waals surface area contributed by atoms with Gasteiger partial charge in [0.25, 0.3) is 0 Å². The van der Waals surface area contributed by atoms with Crippen molar-refractivity contribution in [2.75, 3.05) is 6.54 Å². The van der Waals surface area contributed by atoms with Crippen molar-refractivity contribution in [2.24, 2.45) is 5.73 Å². The van der Waals surface area contributed by atoms with Gasteiger partial charge in [0, 0.05) is 0 Å². The van der Waals surface area contributed by atoms with Crippen LogP contribution in [0, 0.1) is 0 Å². The molecule has 0 saturated carbocycles. The Morgan fingerprint density at radius 1 is 1.30 bits per heavy atom. The zero-order valence-corrected chi connectivity index (χ0v) is 13.1. The lowest BCUT2D eigenvalue weighted by Crippen LogP contribution is -2.53. The Hall–Kier alpha value is -2.25. The van der Waals surface area contributed by atoms with E-state index < -0.39 is 24.1 Å². The SMILES string of the molecule is CC(OCc1ccccc1)[C@H](NC=O)C(=O)NC(C=O)CCN. The number of hydrogen-bond acceptors (Lipinski definition) is 5. The van der Waals surface area contributed by atoms with Crippen molar-refractivity contribution in [2.45, 2.75) is 38.1 Å². The van der Waals surface area contributed by atoms with Crippen molar-refractivity contribution >= 4 is 18.6 Å². The predicted molar refractivity (Wildman–Crippen MR) is 85.3 cm³/mol. The Balaban J connectivity index is 2.62. The van der Waals surface area contributed by atoms with E-state index >= 15 is 0 Å². The molecule has 0 aliphatic carbocycles. The summed E-state index contributed by atoms with van der Waals surface area (Å²) in [5.41, 5.74) is 6.34. The Bertz CT molecular complexity index is 495.